The van der Waals surface area contributed by atoms with Crippen LogP contribution in [0.2, 0.25) is 0 Å². The van der Waals surface area contributed by atoms with Crippen molar-refractivity contribution in [2.45, 2.75) is 58.9 Å². The molecule has 0 radical (unpaired) electrons. The minimum absolute atomic E-state index is 0.296. The third-order valence-electron chi connectivity index (χ3n) is 4.86. The Bertz CT molecular complexity index is 862. The standard InChI is InChI=1S/C19H24N4O2/c1-5-8-19(17(24)22-18(25)23-19)12-10-16-15(9-11(12)4)20-13(6-2)14(7-3)21-16/h9-10H,5-8H2,1-4H3,(H2,22,23,24,25). The number of rotatable bonds is 5. The number of hydrogen-bond acceptors (Lipinski definition) is 4. The molecule has 1 saturated heterocycles. The van der Waals surface area contributed by atoms with E-state index in [9.17, 15) is 9.59 Å². The third-order valence-corrected chi connectivity index (χ3v) is 4.86. The lowest BCUT2D eigenvalue weighted by Gasteiger charge is -2.28. The summed E-state index contributed by atoms with van der Waals surface area (Å²) in [5.41, 5.74) is 4.28. The van der Waals surface area contributed by atoms with Gasteiger partial charge in [-0.3, -0.25) is 10.1 Å². The number of carbonyl (C=O) groups excluding carboxylic acids is 2. The monoisotopic (exact) mass is 340 g/mol. The summed E-state index contributed by atoms with van der Waals surface area (Å²) in [5, 5.41) is 5.23. The number of nitrogens with one attached hydrogen (secondary N) is 2. The molecule has 2 aromatic rings. The Labute approximate surface area is 147 Å². The number of aryl methyl sites for hydroxylation is 3. The van der Waals surface area contributed by atoms with Crippen LogP contribution in [0.5, 0.6) is 0 Å². The number of aromatic nitrogens is 2. The SMILES string of the molecule is CCCC1(c2cc3nc(CC)c(CC)nc3cc2C)NC(=O)NC1=O. The molecule has 0 spiro atoms. The maximum absolute atomic E-state index is 12.6. The molecule has 3 amide bonds. The van der Waals surface area contributed by atoms with Crippen molar-refractivity contribution in [1.82, 2.24) is 20.6 Å². The maximum Gasteiger partial charge on any atom is 0.322 e. The first-order valence-electron chi connectivity index (χ1n) is 8.89. The lowest BCUT2D eigenvalue weighted by molar-refractivity contribution is -0.124. The molecule has 1 fully saturated rings. The summed E-state index contributed by atoms with van der Waals surface area (Å²) in [4.78, 5) is 33.9. The van der Waals surface area contributed by atoms with Gasteiger partial charge in [-0.15, -0.1) is 0 Å². The zero-order valence-electron chi connectivity index (χ0n) is 15.2. The van der Waals surface area contributed by atoms with Gasteiger partial charge in [-0.2, -0.15) is 0 Å². The summed E-state index contributed by atoms with van der Waals surface area (Å²) in [6, 6.07) is 3.43. The van der Waals surface area contributed by atoms with Gasteiger partial charge in [-0.1, -0.05) is 27.2 Å². The van der Waals surface area contributed by atoms with Crippen LogP contribution >= 0.6 is 0 Å². The molecule has 0 aliphatic carbocycles. The van der Waals surface area contributed by atoms with E-state index in [1.807, 2.05) is 26.0 Å². The van der Waals surface area contributed by atoms with Crippen molar-refractivity contribution in [3.63, 3.8) is 0 Å². The number of carbonyl (C=O) groups is 2. The number of hydrogen-bond donors (Lipinski definition) is 2. The van der Waals surface area contributed by atoms with Crippen LogP contribution in [0.15, 0.2) is 12.1 Å². The summed E-state index contributed by atoms with van der Waals surface area (Å²) in [6.45, 7) is 8.08. The van der Waals surface area contributed by atoms with Gasteiger partial charge in [0.1, 0.15) is 5.54 Å². The van der Waals surface area contributed by atoms with Gasteiger partial charge in [-0.25, -0.2) is 14.8 Å². The zero-order chi connectivity index (χ0) is 18.2. The van der Waals surface area contributed by atoms with E-state index < -0.39 is 11.6 Å². The fraction of sp³-hybridized carbons (Fsp3) is 0.474. The normalized spacial score (nSPS) is 20.0. The molecule has 25 heavy (non-hydrogen) atoms. The highest BCUT2D eigenvalue weighted by Gasteiger charge is 2.47. The van der Waals surface area contributed by atoms with Crippen LogP contribution in [-0.4, -0.2) is 21.9 Å². The quantitative estimate of drug-likeness (QED) is 0.820. The smallest absolute Gasteiger partial charge is 0.319 e. The Kier molecular flexibility index (Phi) is 4.45. The molecule has 3 rings (SSSR count). The van der Waals surface area contributed by atoms with Crippen molar-refractivity contribution in [2.75, 3.05) is 0 Å². The lowest BCUT2D eigenvalue weighted by atomic mass is 9.82. The van der Waals surface area contributed by atoms with E-state index in [4.69, 9.17) is 9.97 Å². The second kappa shape index (κ2) is 6.43. The maximum atomic E-state index is 12.6. The highest BCUT2D eigenvalue weighted by Crippen LogP contribution is 2.34. The van der Waals surface area contributed by atoms with E-state index in [1.165, 1.54) is 0 Å². The topological polar surface area (TPSA) is 84.0 Å². The zero-order valence-corrected chi connectivity index (χ0v) is 15.2. The van der Waals surface area contributed by atoms with Crippen LogP contribution in [-0.2, 0) is 23.2 Å². The summed E-state index contributed by atoms with van der Waals surface area (Å²) in [7, 11) is 0. The second-order valence-electron chi connectivity index (χ2n) is 6.54. The summed E-state index contributed by atoms with van der Waals surface area (Å²) in [6.07, 6.45) is 2.96. The number of benzene rings is 1. The Balaban J connectivity index is 2.23. The van der Waals surface area contributed by atoms with Crippen molar-refractivity contribution in [3.05, 3.63) is 34.6 Å². The minimum Gasteiger partial charge on any atom is -0.319 e. The Morgan fingerprint density at radius 2 is 1.60 bits per heavy atom. The highest BCUT2D eigenvalue weighted by molar-refractivity contribution is 6.08. The van der Waals surface area contributed by atoms with E-state index in [-0.39, 0.29) is 5.91 Å². The van der Waals surface area contributed by atoms with Crippen LogP contribution < -0.4 is 10.6 Å². The molecule has 1 atom stereocenters. The predicted molar refractivity (Wildman–Crippen MR) is 96.3 cm³/mol. The molecule has 6 heteroatoms. The van der Waals surface area contributed by atoms with E-state index >= 15 is 0 Å². The molecule has 6 nitrogen and oxygen atoms in total. The molecule has 1 aliphatic rings. The molecule has 2 heterocycles. The number of nitrogens with zero attached hydrogens (tertiary/aromatic N) is 2. The first-order valence-corrected chi connectivity index (χ1v) is 8.89. The average Bonchev–Trinajstić information content (AvgIpc) is 2.87. The Morgan fingerprint density at radius 3 is 2.08 bits per heavy atom. The molecule has 132 valence electrons. The molecule has 0 bridgehead atoms. The van der Waals surface area contributed by atoms with Crippen molar-refractivity contribution in [3.8, 4) is 0 Å². The van der Waals surface area contributed by atoms with E-state index in [0.717, 1.165) is 52.8 Å². The van der Waals surface area contributed by atoms with Crippen LogP contribution in [0, 0.1) is 6.92 Å². The van der Waals surface area contributed by atoms with Crippen molar-refractivity contribution in [2.24, 2.45) is 0 Å². The van der Waals surface area contributed by atoms with Crippen LogP contribution in [0.3, 0.4) is 0 Å². The van der Waals surface area contributed by atoms with Gasteiger partial charge in [0.2, 0.25) is 0 Å². The molecular formula is C19H24N4O2. The summed E-state index contributed by atoms with van der Waals surface area (Å²) >= 11 is 0. The number of amides is 3. The second-order valence-corrected chi connectivity index (χ2v) is 6.54. The molecule has 1 aromatic heterocycles. The van der Waals surface area contributed by atoms with Gasteiger partial charge in [0.25, 0.3) is 5.91 Å². The Hall–Kier alpha value is -2.50. The molecule has 2 N–H and O–H groups in total. The van der Waals surface area contributed by atoms with E-state index in [0.29, 0.717) is 6.42 Å². The lowest BCUT2D eigenvalue weighted by Crippen LogP contribution is -2.44. The molecular weight excluding hydrogens is 316 g/mol. The van der Waals surface area contributed by atoms with Gasteiger partial charge in [0.15, 0.2) is 0 Å². The van der Waals surface area contributed by atoms with Gasteiger partial charge >= 0.3 is 6.03 Å². The first-order chi connectivity index (χ1) is 11.9. The highest BCUT2D eigenvalue weighted by atomic mass is 16.2. The molecule has 1 aromatic carbocycles. The van der Waals surface area contributed by atoms with Crippen LogP contribution in [0.1, 0.15) is 56.1 Å². The first kappa shape index (κ1) is 17.3. The summed E-state index contributed by atoms with van der Waals surface area (Å²) in [5.74, 6) is -0.296. The fourth-order valence-corrected chi connectivity index (χ4v) is 3.67. The van der Waals surface area contributed by atoms with Gasteiger partial charge < -0.3 is 5.32 Å². The molecule has 0 saturated carbocycles. The van der Waals surface area contributed by atoms with Gasteiger partial charge in [-0.05, 0) is 49.4 Å². The number of imide groups is 1. The fourth-order valence-electron chi connectivity index (χ4n) is 3.67. The van der Waals surface area contributed by atoms with Crippen LogP contribution in [0.25, 0.3) is 11.0 Å². The largest absolute Gasteiger partial charge is 0.322 e. The number of urea groups is 1. The van der Waals surface area contributed by atoms with E-state index in [1.54, 1.807) is 0 Å². The Morgan fingerprint density at radius 1 is 1.00 bits per heavy atom. The average molecular weight is 340 g/mol. The van der Waals surface area contributed by atoms with Gasteiger partial charge in [0, 0.05) is 0 Å². The third kappa shape index (κ3) is 2.75. The molecule has 1 unspecified atom stereocenters. The van der Waals surface area contributed by atoms with Crippen molar-refractivity contribution >= 4 is 23.0 Å². The van der Waals surface area contributed by atoms with Gasteiger partial charge in [0.05, 0.1) is 22.4 Å². The molecule has 1 aliphatic heterocycles. The predicted octanol–water partition coefficient (Wildman–Crippen LogP) is 2.90. The van der Waals surface area contributed by atoms with Crippen LogP contribution in [0.4, 0.5) is 4.79 Å². The summed E-state index contributed by atoms with van der Waals surface area (Å²) < 4.78 is 0. The van der Waals surface area contributed by atoms with E-state index in [2.05, 4.69) is 24.5 Å². The van der Waals surface area contributed by atoms with Crippen molar-refractivity contribution < 1.29 is 9.59 Å². The van der Waals surface area contributed by atoms with Crippen molar-refractivity contribution in [1.29, 1.82) is 0 Å². The minimum atomic E-state index is -1.03. The number of fused-ring (bicyclic) bond motifs is 1.